The lowest BCUT2D eigenvalue weighted by Gasteiger charge is -2.15. The van der Waals surface area contributed by atoms with Crippen molar-refractivity contribution in [3.8, 4) is 5.69 Å². The van der Waals surface area contributed by atoms with Crippen molar-refractivity contribution in [3.63, 3.8) is 0 Å². The summed E-state index contributed by atoms with van der Waals surface area (Å²) in [6, 6.07) is 10.1. The van der Waals surface area contributed by atoms with Crippen molar-refractivity contribution in [1.29, 1.82) is 0 Å². The van der Waals surface area contributed by atoms with Crippen molar-refractivity contribution in [1.82, 2.24) is 20.3 Å². The summed E-state index contributed by atoms with van der Waals surface area (Å²) >= 11 is 0. The molecule has 1 saturated heterocycles. The number of anilines is 2. The number of hydrogen-bond donors (Lipinski definition) is 2. The molecule has 1 aliphatic rings. The van der Waals surface area contributed by atoms with Crippen LogP contribution in [0.2, 0.25) is 0 Å². The van der Waals surface area contributed by atoms with E-state index in [4.69, 9.17) is 0 Å². The third kappa shape index (κ3) is 4.04. The minimum absolute atomic E-state index is 0.196. The minimum Gasteiger partial charge on any atom is -0.336 e. The second-order valence-corrected chi connectivity index (χ2v) is 6.56. The first-order valence-corrected chi connectivity index (χ1v) is 8.99. The van der Waals surface area contributed by atoms with Crippen molar-refractivity contribution in [2.45, 2.75) is 6.18 Å². The van der Waals surface area contributed by atoms with Gasteiger partial charge in [-0.2, -0.15) is 13.2 Å². The van der Waals surface area contributed by atoms with Gasteiger partial charge < -0.3 is 10.6 Å². The average Bonchev–Trinajstić information content (AvgIpc) is 3.35. The number of amides is 3. The first-order valence-electron chi connectivity index (χ1n) is 8.99. The molecule has 0 saturated carbocycles. The van der Waals surface area contributed by atoms with E-state index in [0.717, 1.165) is 12.1 Å². The van der Waals surface area contributed by atoms with Crippen LogP contribution in [0.3, 0.4) is 0 Å². The molecule has 2 N–H and O–H groups in total. The fraction of sp³-hybridized carbons (Fsp3) is 0.158. The second kappa shape index (κ2) is 7.70. The smallest absolute Gasteiger partial charge is 0.336 e. The highest BCUT2D eigenvalue weighted by atomic mass is 19.4. The van der Waals surface area contributed by atoms with Gasteiger partial charge in [-0.15, -0.1) is 5.10 Å². The molecule has 0 bridgehead atoms. The largest absolute Gasteiger partial charge is 0.435 e. The van der Waals surface area contributed by atoms with E-state index in [-0.39, 0.29) is 17.4 Å². The first-order chi connectivity index (χ1) is 14.7. The molecule has 1 aromatic heterocycles. The van der Waals surface area contributed by atoms with Crippen molar-refractivity contribution in [2.75, 3.05) is 23.3 Å². The molecule has 0 unspecified atom stereocenters. The molecule has 2 heterocycles. The molecule has 0 radical (unpaired) electrons. The Kier molecular flexibility index (Phi) is 5.05. The maximum absolute atomic E-state index is 13.7. The predicted molar refractivity (Wildman–Crippen MR) is 101 cm³/mol. The van der Waals surface area contributed by atoms with E-state index in [1.54, 1.807) is 12.1 Å². The van der Waals surface area contributed by atoms with E-state index >= 15 is 0 Å². The number of carbonyl (C=O) groups is 2. The molecular formula is C19H14F4N6O2. The van der Waals surface area contributed by atoms with Crippen LogP contribution in [0.25, 0.3) is 5.69 Å². The number of rotatable bonds is 4. The molecule has 1 fully saturated rings. The van der Waals surface area contributed by atoms with Gasteiger partial charge in [0.25, 0.3) is 5.91 Å². The Bertz CT molecular complexity index is 1140. The van der Waals surface area contributed by atoms with E-state index in [0.29, 0.717) is 23.5 Å². The minimum atomic E-state index is -4.98. The number of benzene rings is 2. The maximum Gasteiger partial charge on any atom is 0.435 e. The highest BCUT2D eigenvalue weighted by Crippen LogP contribution is 2.33. The molecule has 12 heteroatoms. The molecule has 0 spiro atoms. The van der Waals surface area contributed by atoms with Gasteiger partial charge in [-0.1, -0.05) is 11.3 Å². The zero-order valence-corrected chi connectivity index (χ0v) is 15.7. The molecular weight excluding hydrogens is 420 g/mol. The monoisotopic (exact) mass is 434 g/mol. The fourth-order valence-electron chi connectivity index (χ4n) is 3.11. The summed E-state index contributed by atoms with van der Waals surface area (Å²) in [5.41, 5.74) is -1.85. The maximum atomic E-state index is 13.7. The van der Waals surface area contributed by atoms with Crippen molar-refractivity contribution >= 4 is 23.3 Å². The normalized spacial score (nSPS) is 13.9. The van der Waals surface area contributed by atoms with Crippen LogP contribution in [0.5, 0.6) is 0 Å². The first kappa shape index (κ1) is 20.3. The molecule has 31 heavy (non-hydrogen) atoms. The summed E-state index contributed by atoms with van der Waals surface area (Å²) in [6.45, 7) is 0.973. The third-order valence-electron chi connectivity index (χ3n) is 4.50. The van der Waals surface area contributed by atoms with E-state index in [1.165, 1.54) is 29.2 Å². The van der Waals surface area contributed by atoms with Gasteiger partial charge in [0, 0.05) is 24.5 Å². The summed E-state index contributed by atoms with van der Waals surface area (Å²) in [5, 5.41) is 11.7. The lowest BCUT2D eigenvalue weighted by Crippen LogP contribution is -2.27. The molecule has 0 aliphatic carbocycles. The Labute approximate surface area is 172 Å². The fourth-order valence-corrected chi connectivity index (χ4v) is 3.11. The molecule has 1 aliphatic heterocycles. The van der Waals surface area contributed by atoms with Crippen LogP contribution in [0.15, 0.2) is 48.5 Å². The lowest BCUT2D eigenvalue weighted by molar-refractivity contribution is -0.143. The highest BCUT2D eigenvalue weighted by Gasteiger charge is 2.42. The molecule has 0 atom stereocenters. The van der Waals surface area contributed by atoms with Gasteiger partial charge in [-0.25, -0.2) is 13.9 Å². The standard InChI is InChI=1S/C19H14F4N6O2/c20-11-2-1-3-14(10-11)29-16(19(21,22)23)15(26-27-29)17(30)25-12-4-6-13(7-5-12)28-9-8-24-18(28)31/h1-7,10H,8-9H2,(H,24,31)(H,25,30). The van der Waals surface area contributed by atoms with E-state index in [9.17, 15) is 27.2 Å². The number of nitrogens with zero attached hydrogens (tertiary/aromatic N) is 4. The predicted octanol–water partition coefficient (Wildman–Crippen LogP) is 3.21. The summed E-state index contributed by atoms with van der Waals surface area (Å²) < 4.78 is 54.8. The van der Waals surface area contributed by atoms with Crippen LogP contribution in [0.1, 0.15) is 16.2 Å². The van der Waals surface area contributed by atoms with Gasteiger partial charge in [0.15, 0.2) is 11.4 Å². The highest BCUT2D eigenvalue weighted by molar-refractivity contribution is 6.04. The summed E-state index contributed by atoms with van der Waals surface area (Å²) in [4.78, 5) is 25.7. The second-order valence-electron chi connectivity index (χ2n) is 6.56. The van der Waals surface area contributed by atoms with Crippen molar-refractivity contribution in [3.05, 3.63) is 65.7 Å². The van der Waals surface area contributed by atoms with Gasteiger partial charge in [0.2, 0.25) is 0 Å². The Morgan fingerprint density at radius 3 is 2.45 bits per heavy atom. The number of aromatic nitrogens is 3. The van der Waals surface area contributed by atoms with Gasteiger partial charge in [0.1, 0.15) is 5.82 Å². The third-order valence-corrected chi connectivity index (χ3v) is 4.50. The van der Waals surface area contributed by atoms with E-state index in [2.05, 4.69) is 20.9 Å². The van der Waals surface area contributed by atoms with Crippen LogP contribution in [0, 0.1) is 5.82 Å². The average molecular weight is 434 g/mol. The summed E-state index contributed by atoms with van der Waals surface area (Å²) in [7, 11) is 0. The van der Waals surface area contributed by atoms with Crippen LogP contribution < -0.4 is 15.5 Å². The molecule has 3 aromatic rings. The number of urea groups is 1. The van der Waals surface area contributed by atoms with Crippen molar-refractivity contribution in [2.24, 2.45) is 0 Å². The van der Waals surface area contributed by atoms with Crippen LogP contribution in [-0.4, -0.2) is 40.0 Å². The Morgan fingerprint density at radius 1 is 1.10 bits per heavy atom. The van der Waals surface area contributed by atoms with Gasteiger partial charge >= 0.3 is 12.2 Å². The van der Waals surface area contributed by atoms with Crippen LogP contribution in [-0.2, 0) is 6.18 Å². The Morgan fingerprint density at radius 2 is 1.84 bits per heavy atom. The van der Waals surface area contributed by atoms with Gasteiger partial charge in [-0.05, 0) is 42.5 Å². The van der Waals surface area contributed by atoms with Crippen molar-refractivity contribution < 1.29 is 27.2 Å². The van der Waals surface area contributed by atoms with E-state index in [1.807, 2.05) is 0 Å². The Hall–Kier alpha value is -3.96. The summed E-state index contributed by atoms with van der Waals surface area (Å²) in [5.74, 6) is -1.90. The Balaban J connectivity index is 1.61. The number of alkyl halides is 3. The molecule has 4 rings (SSSR count). The topological polar surface area (TPSA) is 92.2 Å². The number of hydrogen-bond acceptors (Lipinski definition) is 4. The number of nitrogens with one attached hydrogen (secondary N) is 2. The molecule has 160 valence electrons. The lowest BCUT2D eigenvalue weighted by atomic mass is 10.2. The SMILES string of the molecule is O=C(Nc1ccc(N2CCNC2=O)cc1)c1nnn(-c2cccc(F)c2)c1C(F)(F)F. The zero-order valence-electron chi connectivity index (χ0n) is 15.7. The van der Waals surface area contributed by atoms with Crippen LogP contribution in [0.4, 0.5) is 33.7 Å². The number of carbonyl (C=O) groups excluding carboxylic acids is 2. The van der Waals surface area contributed by atoms with E-state index < -0.39 is 29.3 Å². The summed E-state index contributed by atoms with van der Waals surface area (Å²) in [6.07, 6.45) is -4.98. The number of halogens is 4. The van der Waals surface area contributed by atoms with Gasteiger partial charge in [0.05, 0.1) is 5.69 Å². The molecule has 2 aromatic carbocycles. The van der Waals surface area contributed by atoms with Crippen LogP contribution >= 0.6 is 0 Å². The molecule has 8 nitrogen and oxygen atoms in total. The zero-order chi connectivity index (χ0) is 22.2. The molecule has 3 amide bonds. The van der Waals surface area contributed by atoms with Gasteiger partial charge in [-0.3, -0.25) is 9.69 Å². The quantitative estimate of drug-likeness (QED) is 0.617.